The van der Waals surface area contributed by atoms with Gasteiger partial charge in [-0.3, -0.25) is 0 Å². The van der Waals surface area contributed by atoms with Crippen molar-refractivity contribution in [3.63, 3.8) is 0 Å². The monoisotopic (exact) mass is 450 g/mol. The summed E-state index contributed by atoms with van der Waals surface area (Å²) < 4.78 is 16.2. The Morgan fingerprint density at radius 1 is 0.844 bits per heavy atom. The van der Waals surface area contributed by atoms with E-state index in [4.69, 9.17) is 25.5 Å². The lowest BCUT2D eigenvalue weighted by molar-refractivity contribution is 0.262. The molecule has 162 valence electrons. The molecule has 3 aromatic carbocycles. The van der Waals surface area contributed by atoms with Crippen molar-refractivity contribution < 1.29 is 18.7 Å². The van der Waals surface area contributed by atoms with E-state index in [0.29, 0.717) is 39.7 Å². The van der Waals surface area contributed by atoms with E-state index >= 15 is 0 Å². The lowest BCUT2D eigenvalue weighted by atomic mass is 10.2. The number of hydrogen-bond acceptors (Lipinski definition) is 6. The molecule has 0 aliphatic rings. The van der Waals surface area contributed by atoms with Crippen LogP contribution in [0.4, 0.5) is 16.2 Å². The SMILES string of the molecule is COc1cc(OC)c(NC(=O)Nc2ccc(-c3nnc(-c4ccccc4)o3)cc2)cc1Cl. The number of amides is 2. The molecule has 0 spiro atoms. The Hall–Kier alpha value is -4.04. The topological polar surface area (TPSA) is 98.5 Å². The molecule has 0 fully saturated rings. The molecule has 1 aromatic heterocycles. The number of urea groups is 1. The highest BCUT2D eigenvalue weighted by Crippen LogP contribution is 2.36. The predicted molar refractivity (Wildman–Crippen MR) is 122 cm³/mol. The van der Waals surface area contributed by atoms with Gasteiger partial charge in [0.15, 0.2) is 0 Å². The molecule has 8 nitrogen and oxygen atoms in total. The van der Waals surface area contributed by atoms with E-state index in [1.54, 1.807) is 36.4 Å². The fourth-order valence-corrected chi connectivity index (χ4v) is 3.22. The van der Waals surface area contributed by atoms with Gasteiger partial charge in [0.1, 0.15) is 11.5 Å². The van der Waals surface area contributed by atoms with Gasteiger partial charge in [-0.25, -0.2) is 4.79 Å². The number of ether oxygens (including phenoxy) is 2. The fraction of sp³-hybridized carbons (Fsp3) is 0.0870. The van der Waals surface area contributed by atoms with Crippen LogP contribution in [-0.4, -0.2) is 30.4 Å². The number of nitrogens with zero attached hydrogens (tertiary/aromatic N) is 2. The molecule has 0 unspecified atom stereocenters. The number of halogens is 1. The number of aromatic nitrogens is 2. The summed E-state index contributed by atoms with van der Waals surface area (Å²) in [7, 11) is 2.99. The molecule has 4 aromatic rings. The van der Waals surface area contributed by atoms with Crippen LogP contribution in [0.15, 0.2) is 71.1 Å². The Labute approximate surface area is 189 Å². The van der Waals surface area contributed by atoms with Crippen molar-refractivity contribution in [2.24, 2.45) is 0 Å². The molecule has 0 bridgehead atoms. The standard InChI is InChI=1S/C23H19ClN4O4/c1-30-19-13-20(31-2)18(12-17(19)24)26-23(29)25-16-10-8-15(9-11-16)22-28-27-21(32-22)14-6-4-3-5-7-14/h3-13H,1-2H3,(H2,25,26,29). The van der Waals surface area contributed by atoms with Gasteiger partial charge in [-0.15, -0.1) is 10.2 Å². The van der Waals surface area contributed by atoms with Crippen LogP contribution in [0.3, 0.4) is 0 Å². The average molecular weight is 451 g/mol. The second kappa shape index (κ2) is 9.40. The summed E-state index contributed by atoms with van der Waals surface area (Å²) in [5.74, 6) is 1.69. The van der Waals surface area contributed by atoms with Crippen molar-refractivity contribution >= 4 is 29.0 Å². The number of anilines is 2. The number of benzene rings is 3. The van der Waals surface area contributed by atoms with Crippen LogP contribution >= 0.6 is 11.6 Å². The van der Waals surface area contributed by atoms with Crippen LogP contribution in [0.5, 0.6) is 11.5 Å². The van der Waals surface area contributed by atoms with Crippen molar-refractivity contribution in [2.45, 2.75) is 0 Å². The first-order valence-corrected chi connectivity index (χ1v) is 9.94. The smallest absolute Gasteiger partial charge is 0.323 e. The van der Waals surface area contributed by atoms with Gasteiger partial charge in [0, 0.05) is 22.9 Å². The highest BCUT2D eigenvalue weighted by molar-refractivity contribution is 6.32. The Bertz CT molecular complexity index is 1230. The highest BCUT2D eigenvalue weighted by atomic mass is 35.5. The van der Waals surface area contributed by atoms with Gasteiger partial charge in [-0.05, 0) is 42.5 Å². The Balaban J connectivity index is 1.44. The summed E-state index contributed by atoms with van der Waals surface area (Å²) in [6, 6.07) is 19.2. The number of rotatable bonds is 6. The summed E-state index contributed by atoms with van der Waals surface area (Å²) in [4.78, 5) is 12.4. The van der Waals surface area contributed by atoms with Crippen LogP contribution in [0.1, 0.15) is 0 Å². The largest absolute Gasteiger partial charge is 0.495 e. The number of methoxy groups -OCH3 is 2. The second-order valence-corrected chi connectivity index (χ2v) is 7.03. The summed E-state index contributed by atoms with van der Waals surface area (Å²) in [5.41, 5.74) is 2.56. The third-order valence-electron chi connectivity index (χ3n) is 4.56. The van der Waals surface area contributed by atoms with E-state index in [9.17, 15) is 4.79 Å². The first kappa shape index (κ1) is 21.2. The van der Waals surface area contributed by atoms with Crippen LogP contribution in [0, 0.1) is 0 Å². The maximum absolute atomic E-state index is 12.4. The molecular weight excluding hydrogens is 432 g/mol. The Kier molecular flexibility index (Phi) is 6.23. The van der Waals surface area contributed by atoms with E-state index in [0.717, 1.165) is 11.1 Å². The Morgan fingerprint density at radius 3 is 2.09 bits per heavy atom. The van der Waals surface area contributed by atoms with Crippen LogP contribution in [0.2, 0.25) is 5.02 Å². The van der Waals surface area contributed by atoms with Crippen LogP contribution in [-0.2, 0) is 0 Å². The van der Waals surface area contributed by atoms with Crippen molar-refractivity contribution in [2.75, 3.05) is 24.9 Å². The Morgan fingerprint density at radius 2 is 1.47 bits per heavy atom. The summed E-state index contributed by atoms with van der Waals surface area (Å²) in [6.45, 7) is 0. The molecule has 0 radical (unpaired) electrons. The molecule has 0 saturated heterocycles. The van der Waals surface area contributed by atoms with Gasteiger partial charge in [-0.2, -0.15) is 0 Å². The third kappa shape index (κ3) is 4.65. The maximum Gasteiger partial charge on any atom is 0.323 e. The first-order valence-electron chi connectivity index (χ1n) is 9.56. The normalized spacial score (nSPS) is 10.5. The third-order valence-corrected chi connectivity index (χ3v) is 4.85. The van der Waals surface area contributed by atoms with E-state index in [1.807, 2.05) is 30.3 Å². The van der Waals surface area contributed by atoms with Gasteiger partial charge >= 0.3 is 6.03 Å². The van der Waals surface area contributed by atoms with Gasteiger partial charge in [0.05, 0.1) is 24.9 Å². The molecule has 0 aliphatic heterocycles. The molecule has 4 rings (SSSR count). The van der Waals surface area contributed by atoms with Crippen LogP contribution < -0.4 is 20.1 Å². The van der Waals surface area contributed by atoms with Crippen molar-refractivity contribution in [1.29, 1.82) is 0 Å². The van der Waals surface area contributed by atoms with Crippen molar-refractivity contribution in [3.05, 3.63) is 71.8 Å². The lowest BCUT2D eigenvalue weighted by Crippen LogP contribution is -2.19. The second-order valence-electron chi connectivity index (χ2n) is 6.62. The lowest BCUT2D eigenvalue weighted by Gasteiger charge is -2.13. The molecule has 2 N–H and O–H groups in total. The van der Waals surface area contributed by atoms with E-state index < -0.39 is 6.03 Å². The van der Waals surface area contributed by atoms with Gasteiger partial charge in [0.25, 0.3) is 0 Å². The van der Waals surface area contributed by atoms with Crippen LogP contribution in [0.25, 0.3) is 22.9 Å². The van der Waals surface area contributed by atoms with Gasteiger partial charge < -0.3 is 24.5 Å². The summed E-state index contributed by atoms with van der Waals surface area (Å²) in [5, 5.41) is 14.0. The van der Waals surface area contributed by atoms with Gasteiger partial charge in [-0.1, -0.05) is 29.8 Å². The van der Waals surface area contributed by atoms with Crippen molar-refractivity contribution in [3.8, 4) is 34.4 Å². The fourth-order valence-electron chi connectivity index (χ4n) is 2.98. The highest BCUT2D eigenvalue weighted by Gasteiger charge is 2.14. The van der Waals surface area contributed by atoms with Gasteiger partial charge in [0.2, 0.25) is 11.8 Å². The number of hydrogen-bond donors (Lipinski definition) is 2. The molecule has 32 heavy (non-hydrogen) atoms. The quantitative estimate of drug-likeness (QED) is 0.390. The molecule has 0 aliphatic carbocycles. The minimum Gasteiger partial charge on any atom is -0.495 e. The zero-order valence-electron chi connectivity index (χ0n) is 17.3. The number of carbonyl (C=O) groups excluding carboxylic acids is 1. The van der Waals surface area contributed by atoms with Crippen molar-refractivity contribution in [1.82, 2.24) is 10.2 Å². The summed E-state index contributed by atoms with van der Waals surface area (Å²) >= 11 is 6.15. The maximum atomic E-state index is 12.4. The molecule has 9 heteroatoms. The summed E-state index contributed by atoms with van der Waals surface area (Å²) in [6.07, 6.45) is 0. The average Bonchev–Trinajstić information content (AvgIpc) is 3.31. The molecular formula is C23H19ClN4O4. The molecule has 2 amide bonds. The van der Waals surface area contributed by atoms with E-state index in [-0.39, 0.29) is 0 Å². The van der Waals surface area contributed by atoms with E-state index in [1.165, 1.54) is 14.2 Å². The van der Waals surface area contributed by atoms with E-state index in [2.05, 4.69) is 20.8 Å². The number of nitrogens with one attached hydrogen (secondary N) is 2. The predicted octanol–water partition coefficient (Wildman–Crippen LogP) is 5.72. The zero-order valence-corrected chi connectivity index (χ0v) is 18.0. The minimum absolute atomic E-state index is 0.349. The number of carbonyl (C=O) groups is 1. The zero-order chi connectivity index (χ0) is 22.5. The molecule has 1 heterocycles. The minimum atomic E-state index is -0.457. The first-order chi connectivity index (χ1) is 15.6. The molecule has 0 atom stereocenters. The molecule has 0 saturated carbocycles.